The van der Waals surface area contributed by atoms with Gasteiger partial charge in [-0.25, -0.2) is 9.97 Å². The number of nitrogens with one attached hydrogen (secondary N) is 1. The van der Waals surface area contributed by atoms with Crippen LogP contribution in [-0.2, 0) is 0 Å². The standard InChI is InChI=1S/C14H25N3O/c1-6-10(3)8-11(4)17-13-12(5)14(18-7-2)16-9-15-13/h9-11H,6-8H2,1-5H3,(H,15,16,17). The Morgan fingerprint density at radius 2 is 2.00 bits per heavy atom. The molecule has 0 aliphatic rings. The van der Waals surface area contributed by atoms with Crippen LogP contribution in [0, 0.1) is 12.8 Å². The van der Waals surface area contributed by atoms with E-state index in [4.69, 9.17) is 4.74 Å². The van der Waals surface area contributed by atoms with Crippen molar-refractivity contribution in [2.75, 3.05) is 11.9 Å². The Balaban J connectivity index is 2.69. The third-order valence-electron chi connectivity index (χ3n) is 3.15. The lowest BCUT2D eigenvalue weighted by molar-refractivity contribution is 0.323. The highest BCUT2D eigenvalue weighted by Crippen LogP contribution is 2.22. The van der Waals surface area contributed by atoms with Gasteiger partial charge in [0.2, 0.25) is 5.88 Å². The van der Waals surface area contributed by atoms with Gasteiger partial charge in [0.15, 0.2) is 0 Å². The molecule has 102 valence electrons. The molecule has 2 atom stereocenters. The summed E-state index contributed by atoms with van der Waals surface area (Å²) in [4.78, 5) is 8.43. The zero-order valence-electron chi connectivity index (χ0n) is 12.2. The van der Waals surface area contributed by atoms with E-state index in [0.29, 0.717) is 18.5 Å². The molecule has 4 nitrogen and oxygen atoms in total. The van der Waals surface area contributed by atoms with Gasteiger partial charge in [-0.1, -0.05) is 20.3 Å². The number of hydrogen-bond donors (Lipinski definition) is 1. The van der Waals surface area contributed by atoms with Crippen LogP contribution in [0.1, 0.15) is 46.1 Å². The zero-order valence-corrected chi connectivity index (χ0v) is 12.2. The van der Waals surface area contributed by atoms with Gasteiger partial charge in [0.05, 0.1) is 12.2 Å². The summed E-state index contributed by atoms with van der Waals surface area (Å²) in [6, 6.07) is 0.406. The Hall–Kier alpha value is -1.32. The maximum atomic E-state index is 5.47. The molecule has 0 aromatic carbocycles. The number of rotatable bonds is 7. The summed E-state index contributed by atoms with van der Waals surface area (Å²) >= 11 is 0. The molecule has 1 N–H and O–H groups in total. The molecule has 2 unspecified atom stereocenters. The van der Waals surface area contributed by atoms with Gasteiger partial charge in [0.1, 0.15) is 12.1 Å². The van der Waals surface area contributed by atoms with Gasteiger partial charge in [-0.15, -0.1) is 0 Å². The van der Waals surface area contributed by atoms with Gasteiger partial charge in [0, 0.05) is 6.04 Å². The molecule has 1 heterocycles. The van der Waals surface area contributed by atoms with Gasteiger partial charge in [0.25, 0.3) is 0 Å². The second kappa shape index (κ2) is 7.19. The van der Waals surface area contributed by atoms with Crippen molar-refractivity contribution in [2.45, 2.75) is 53.5 Å². The lowest BCUT2D eigenvalue weighted by atomic mass is 10.0. The number of ether oxygens (including phenoxy) is 1. The summed E-state index contributed by atoms with van der Waals surface area (Å²) in [7, 11) is 0. The fourth-order valence-corrected chi connectivity index (χ4v) is 1.92. The van der Waals surface area contributed by atoms with Crippen molar-refractivity contribution in [2.24, 2.45) is 5.92 Å². The third kappa shape index (κ3) is 4.17. The highest BCUT2D eigenvalue weighted by Gasteiger charge is 2.12. The normalized spacial score (nSPS) is 14.1. The molecule has 18 heavy (non-hydrogen) atoms. The van der Waals surface area contributed by atoms with Crippen LogP contribution in [0.15, 0.2) is 6.33 Å². The topological polar surface area (TPSA) is 47.0 Å². The van der Waals surface area contributed by atoms with Gasteiger partial charge < -0.3 is 10.1 Å². The van der Waals surface area contributed by atoms with Crippen LogP contribution in [0.4, 0.5) is 5.82 Å². The molecule has 0 aliphatic carbocycles. The molecule has 0 fully saturated rings. The van der Waals surface area contributed by atoms with Gasteiger partial charge in [-0.3, -0.25) is 0 Å². The smallest absolute Gasteiger partial charge is 0.221 e. The zero-order chi connectivity index (χ0) is 13.5. The SMILES string of the molecule is CCOc1ncnc(NC(C)CC(C)CC)c1C. The largest absolute Gasteiger partial charge is 0.478 e. The fraction of sp³-hybridized carbons (Fsp3) is 0.714. The first kappa shape index (κ1) is 14.7. The second-order valence-corrected chi connectivity index (χ2v) is 4.88. The van der Waals surface area contributed by atoms with Crippen molar-refractivity contribution < 1.29 is 4.74 Å². The van der Waals surface area contributed by atoms with Gasteiger partial charge in [-0.2, -0.15) is 0 Å². The maximum Gasteiger partial charge on any atom is 0.221 e. The fourth-order valence-electron chi connectivity index (χ4n) is 1.92. The van der Waals surface area contributed by atoms with E-state index in [2.05, 4.69) is 36.1 Å². The molecule has 0 spiro atoms. The van der Waals surface area contributed by atoms with Gasteiger partial charge in [-0.05, 0) is 33.1 Å². The van der Waals surface area contributed by atoms with E-state index in [0.717, 1.165) is 23.7 Å². The van der Waals surface area contributed by atoms with Crippen molar-refractivity contribution >= 4 is 5.82 Å². The average molecular weight is 251 g/mol. The average Bonchev–Trinajstić information content (AvgIpc) is 2.34. The Morgan fingerprint density at radius 1 is 1.28 bits per heavy atom. The molecule has 0 aliphatic heterocycles. The predicted octanol–water partition coefficient (Wildman–Crippen LogP) is 3.42. The Bertz CT molecular complexity index is 368. The maximum absolute atomic E-state index is 5.47. The van der Waals surface area contributed by atoms with Gasteiger partial charge >= 0.3 is 0 Å². The molecule has 0 radical (unpaired) electrons. The van der Waals surface area contributed by atoms with E-state index in [1.165, 1.54) is 6.42 Å². The third-order valence-corrected chi connectivity index (χ3v) is 3.15. The van der Waals surface area contributed by atoms with Crippen LogP contribution in [0.2, 0.25) is 0 Å². The molecular formula is C14H25N3O. The van der Waals surface area contributed by atoms with Crippen molar-refractivity contribution in [3.63, 3.8) is 0 Å². The minimum Gasteiger partial charge on any atom is -0.478 e. The summed E-state index contributed by atoms with van der Waals surface area (Å²) in [6.07, 6.45) is 3.90. The van der Waals surface area contributed by atoms with Crippen LogP contribution in [-0.4, -0.2) is 22.6 Å². The number of anilines is 1. The molecule has 1 rings (SSSR count). The molecule has 1 aromatic rings. The molecule has 4 heteroatoms. The number of hydrogen-bond acceptors (Lipinski definition) is 4. The van der Waals surface area contributed by atoms with E-state index in [9.17, 15) is 0 Å². The highest BCUT2D eigenvalue weighted by molar-refractivity contribution is 5.48. The number of aromatic nitrogens is 2. The molecule has 1 aromatic heterocycles. The van der Waals surface area contributed by atoms with E-state index >= 15 is 0 Å². The molecule has 0 bridgehead atoms. The van der Waals surface area contributed by atoms with Crippen molar-refractivity contribution in [3.8, 4) is 5.88 Å². The Kier molecular flexibility index (Phi) is 5.89. The summed E-state index contributed by atoms with van der Waals surface area (Å²) in [5.74, 6) is 2.27. The van der Waals surface area contributed by atoms with Crippen molar-refractivity contribution in [3.05, 3.63) is 11.9 Å². The minimum absolute atomic E-state index is 0.406. The van der Waals surface area contributed by atoms with E-state index in [1.807, 2.05) is 13.8 Å². The minimum atomic E-state index is 0.406. The van der Waals surface area contributed by atoms with E-state index < -0.39 is 0 Å². The molecular weight excluding hydrogens is 226 g/mol. The van der Waals surface area contributed by atoms with E-state index in [1.54, 1.807) is 6.33 Å². The summed E-state index contributed by atoms with van der Waals surface area (Å²) < 4.78 is 5.47. The first-order valence-electron chi connectivity index (χ1n) is 6.79. The Labute approximate surface area is 110 Å². The lowest BCUT2D eigenvalue weighted by Gasteiger charge is -2.19. The molecule has 0 saturated heterocycles. The molecule has 0 saturated carbocycles. The first-order valence-corrected chi connectivity index (χ1v) is 6.79. The Morgan fingerprint density at radius 3 is 2.61 bits per heavy atom. The van der Waals surface area contributed by atoms with Crippen LogP contribution in [0.25, 0.3) is 0 Å². The quantitative estimate of drug-likeness (QED) is 0.806. The summed E-state index contributed by atoms with van der Waals surface area (Å²) in [5.41, 5.74) is 0.982. The predicted molar refractivity (Wildman–Crippen MR) is 75.1 cm³/mol. The van der Waals surface area contributed by atoms with Crippen LogP contribution < -0.4 is 10.1 Å². The number of nitrogens with zero attached hydrogens (tertiary/aromatic N) is 2. The molecule has 0 amide bonds. The first-order chi connectivity index (χ1) is 8.58. The van der Waals surface area contributed by atoms with Crippen molar-refractivity contribution in [1.82, 2.24) is 9.97 Å². The summed E-state index contributed by atoms with van der Waals surface area (Å²) in [5, 5.41) is 3.44. The van der Waals surface area contributed by atoms with E-state index in [-0.39, 0.29) is 0 Å². The monoisotopic (exact) mass is 251 g/mol. The van der Waals surface area contributed by atoms with Crippen LogP contribution in [0.5, 0.6) is 5.88 Å². The second-order valence-electron chi connectivity index (χ2n) is 4.88. The van der Waals surface area contributed by atoms with Crippen LogP contribution in [0.3, 0.4) is 0 Å². The lowest BCUT2D eigenvalue weighted by Crippen LogP contribution is -2.20. The van der Waals surface area contributed by atoms with Crippen molar-refractivity contribution in [1.29, 1.82) is 0 Å². The highest BCUT2D eigenvalue weighted by atomic mass is 16.5. The van der Waals surface area contributed by atoms with Crippen LogP contribution >= 0.6 is 0 Å². The summed E-state index contributed by atoms with van der Waals surface area (Å²) in [6.45, 7) is 11.3.